The van der Waals surface area contributed by atoms with E-state index in [4.69, 9.17) is 4.74 Å². The lowest BCUT2D eigenvalue weighted by Crippen LogP contribution is -2.53. The Hall–Kier alpha value is -3.39. The third-order valence-electron chi connectivity index (χ3n) is 5.14. The minimum atomic E-state index is -0.777. The van der Waals surface area contributed by atoms with E-state index in [0.29, 0.717) is 6.54 Å². The molecule has 0 aliphatic carbocycles. The smallest absolute Gasteiger partial charge is 0.320 e. The van der Waals surface area contributed by atoms with Crippen LogP contribution in [0.15, 0.2) is 54.6 Å². The summed E-state index contributed by atoms with van der Waals surface area (Å²) in [5, 5.41) is 18.0. The van der Waals surface area contributed by atoms with Gasteiger partial charge in [0, 0.05) is 6.54 Å². The molecule has 0 saturated heterocycles. The van der Waals surface area contributed by atoms with Crippen LogP contribution in [0.2, 0.25) is 0 Å². The summed E-state index contributed by atoms with van der Waals surface area (Å²) in [6.45, 7) is 7.27. The molecule has 2 aromatic rings. The maximum Gasteiger partial charge on any atom is 0.320 e. The van der Waals surface area contributed by atoms with Gasteiger partial charge in [0.25, 0.3) is 0 Å². The third-order valence-corrected chi connectivity index (χ3v) is 5.14. The third kappa shape index (κ3) is 11.1. The van der Waals surface area contributed by atoms with Gasteiger partial charge in [0.1, 0.15) is 17.4 Å². The number of hydrogen-bond donors (Lipinski definition) is 4. The van der Waals surface area contributed by atoms with Gasteiger partial charge in [0.2, 0.25) is 11.8 Å². The number of ether oxygens (including phenoxy) is 1. The summed E-state index contributed by atoms with van der Waals surface area (Å²) in [5.41, 5.74) is 1.36. The second-order valence-electron chi connectivity index (χ2n) is 9.50. The molecule has 35 heavy (non-hydrogen) atoms. The maximum atomic E-state index is 13.0. The SMILES string of the molecule is C[C@@H](NC(=O)[C@H](Cc1ccc(O)cc1)NCC(=O)OC(C)(C)C)C(=O)NCCCc1ccccc1. The molecule has 0 bridgehead atoms. The maximum absolute atomic E-state index is 13.0. The number of aryl methyl sites for hydroxylation is 1. The number of aromatic hydroxyl groups is 1. The van der Waals surface area contributed by atoms with Gasteiger partial charge in [-0.05, 0) is 70.2 Å². The molecule has 2 rings (SSSR count). The molecule has 0 fully saturated rings. The molecule has 0 spiro atoms. The standard InChI is InChI=1S/C27H37N3O5/c1-19(25(33)28-16-8-11-20-9-6-5-7-10-20)30-26(34)23(17-21-12-14-22(31)15-13-21)29-18-24(32)35-27(2,3)4/h5-7,9-10,12-15,19,23,29,31H,8,11,16-18H2,1-4H3,(H,28,33)(H,30,34)/t19-,23+/m1/s1. The van der Waals surface area contributed by atoms with Crippen molar-refractivity contribution in [1.29, 1.82) is 0 Å². The Balaban J connectivity index is 1.90. The van der Waals surface area contributed by atoms with Crippen molar-refractivity contribution in [2.24, 2.45) is 0 Å². The van der Waals surface area contributed by atoms with Gasteiger partial charge in [-0.25, -0.2) is 0 Å². The number of esters is 1. The van der Waals surface area contributed by atoms with E-state index in [1.54, 1.807) is 39.8 Å². The second-order valence-corrected chi connectivity index (χ2v) is 9.50. The first-order valence-electron chi connectivity index (χ1n) is 11.9. The van der Waals surface area contributed by atoms with Gasteiger partial charge < -0.3 is 20.5 Å². The van der Waals surface area contributed by atoms with Crippen LogP contribution in [0.25, 0.3) is 0 Å². The van der Waals surface area contributed by atoms with Crippen LogP contribution in [-0.2, 0) is 32.0 Å². The fourth-order valence-corrected chi connectivity index (χ4v) is 3.39. The van der Waals surface area contributed by atoms with E-state index in [9.17, 15) is 19.5 Å². The Kier molecular flexibility index (Phi) is 10.7. The van der Waals surface area contributed by atoms with Crippen LogP contribution in [0.5, 0.6) is 5.75 Å². The lowest BCUT2D eigenvalue weighted by Gasteiger charge is -2.23. The Bertz CT molecular complexity index is 955. The molecular formula is C27H37N3O5. The van der Waals surface area contributed by atoms with Gasteiger partial charge in [-0.1, -0.05) is 42.5 Å². The van der Waals surface area contributed by atoms with Gasteiger partial charge >= 0.3 is 5.97 Å². The summed E-state index contributed by atoms with van der Waals surface area (Å²) in [6, 6.07) is 15.0. The number of rotatable bonds is 12. The number of carbonyl (C=O) groups is 3. The zero-order valence-corrected chi connectivity index (χ0v) is 21.0. The molecule has 0 heterocycles. The molecule has 190 valence electrons. The Morgan fingerprint density at radius 2 is 1.60 bits per heavy atom. The second kappa shape index (κ2) is 13.5. The van der Waals surface area contributed by atoms with E-state index in [2.05, 4.69) is 16.0 Å². The molecule has 2 atom stereocenters. The van der Waals surface area contributed by atoms with Gasteiger partial charge in [-0.2, -0.15) is 0 Å². The molecule has 0 aromatic heterocycles. The van der Waals surface area contributed by atoms with Crippen LogP contribution >= 0.6 is 0 Å². The number of hydrogen-bond acceptors (Lipinski definition) is 6. The van der Waals surface area contributed by atoms with Crippen molar-refractivity contribution in [3.8, 4) is 5.75 Å². The van der Waals surface area contributed by atoms with Crippen molar-refractivity contribution in [3.63, 3.8) is 0 Å². The van der Waals surface area contributed by atoms with Crippen LogP contribution in [0.4, 0.5) is 0 Å². The quantitative estimate of drug-likeness (QED) is 0.272. The van der Waals surface area contributed by atoms with Gasteiger partial charge in [0.05, 0.1) is 12.6 Å². The van der Waals surface area contributed by atoms with Crippen molar-refractivity contribution < 1.29 is 24.2 Å². The molecular weight excluding hydrogens is 446 g/mol. The Morgan fingerprint density at radius 1 is 0.943 bits per heavy atom. The first-order chi connectivity index (χ1) is 16.5. The van der Waals surface area contributed by atoms with E-state index < -0.39 is 29.6 Å². The predicted octanol–water partition coefficient (Wildman–Crippen LogP) is 2.49. The van der Waals surface area contributed by atoms with E-state index in [1.807, 2.05) is 30.3 Å². The van der Waals surface area contributed by atoms with Gasteiger partial charge in [-0.15, -0.1) is 0 Å². The molecule has 0 radical (unpaired) electrons. The molecule has 8 heteroatoms. The first kappa shape index (κ1) is 27.9. The average molecular weight is 484 g/mol. The fourth-order valence-electron chi connectivity index (χ4n) is 3.39. The summed E-state index contributed by atoms with van der Waals surface area (Å²) in [7, 11) is 0. The minimum absolute atomic E-state index is 0.119. The molecule has 8 nitrogen and oxygen atoms in total. The van der Waals surface area contributed by atoms with Crippen molar-refractivity contribution >= 4 is 17.8 Å². The largest absolute Gasteiger partial charge is 0.508 e. The minimum Gasteiger partial charge on any atom is -0.508 e. The lowest BCUT2D eigenvalue weighted by atomic mass is 10.0. The zero-order chi connectivity index (χ0) is 25.8. The Labute approximate surface area is 207 Å². The van der Waals surface area contributed by atoms with E-state index >= 15 is 0 Å². The number of phenolic OH excluding ortho intramolecular Hbond substituents is 1. The number of amides is 2. The average Bonchev–Trinajstić information content (AvgIpc) is 2.80. The van der Waals surface area contributed by atoms with Crippen molar-refractivity contribution in [2.45, 2.75) is 64.6 Å². The highest BCUT2D eigenvalue weighted by atomic mass is 16.6. The van der Waals surface area contributed by atoms with Crippen LogP contribution in [-0.4, -0.2) is 53.7 Å². The topological polar surface area (TPSA) is 117 Å². The molecule has 0 aliphatic rings. The zero-order valence-electron chi connectivity index (χ0n) is 21.0. The molecule has 2 aromatic carbocycles. The molecule has 0 unspecified atom stereocenters. The van der Waals surface area contributed by atoms with E-state index in [0.717, 1.165) is 18.4 Å². The number of nitrogens with one attached hydrogen (secondary N) is 3. The van der Waals surface area contributed by atoms with Crippen LogP contribution < -0.4 is 16.0 Å². The summed E-state index contributed by atoms with van der Waals surface area (Å²) < 4.78 is 5.31. The highest BCUT2D eigenvalue weighted by Gasteiger charge is 2.25. The van der Waals surface area contributed by atoms with Gasteiger partial charge in [-0.3, -0.25) is 19.7 Å². The summed E-state index contributed by atoms with van der Waals surface area (Å²) in [5.74, 6) is -1.05. The normalized spacial score (nSPS) is 12.9. The van der Waals surface area contributed by atoms with Gasteiger partial charge in [0.15, 0.2) is 0 Å². The summed E-state index contributed by atoms with van der Waals surface area (Å²) in [4.78, 5) is 37.6. The molecule has 4 N–H and O–H groups in total. The highest BCUT2D eigenvalue weighted by molar-refractivity contribution is 5.90. The number of carbonyl (C=O) groups excluding carboxylic acids is 3. The van der Waals surface area contributed by atoms with Crippen molar-refractivity contribution in [3.05, 3.63) is 65.7 Å². The molecule has 2 amide bonds. The number of benzene rings is 2. The molecule has 0 saturated carbocycles. The summed E-state index contributed by atoms with van der Waals surface area (Å²) in [6.07, 6.45) is 1.91. The highest BCUT2D eigenvalue weighted by Crippen LogP contribution is 2.12. The molecule has 0 aliphatic heterocycles. The summed E-state index contributed by atoms with van der Waals surface area (Å²) >= 11 is 0. The van der Waals surface area contributed by atoms with E-state index in [-0.39, 0.29) is 24.6 Å². The Morgan fingerprint density at radius 3 is 2.23 bits per heavy atom. The van der Waals surface area contributed by atoms with Crippen molar-refractivity contribution in [1.82, 2.24) is 16.0 Å². The predicted molar refractivity (Wildman–Crippen MR) is 135 cm³/mol. The van der Waals surface area contributed by atoms with Crippen LogP contribution in [0.1, 0.15) is 45.2 Å². The van der Waals surface area contributed by atoms with Crippen LogP contribution in [0, 0.1) is 0 Å². The van der Waals surface area contributed by atoms with Crippen molar-refractivity contribution in [2.75, 3.05) is 13.1 Å². The number of phenols is 1. The monoisotopic (exact) mass is 483 g/mol. The fraction of sp³-hybridized carbons (Fsp3) is 0.444. The first-order valence-corrected chi connectivity index (χ1v) is 11.9. The van der Waals surface area contributed by atoms with Crippen LogP contribution in [0.3, 0.4) is 0 Å². The lowest BCUT2D eigenvalue weighted by molar-refractivity contribution is -0.153. The van der Waals surface area contributed by atoms with E-state index in [1.165, 1.54) is 17.7 Å².